The molecule has 1 aromatic rings. The summed E-state index contributed by atoms with van der Waals surface area (Å²) in [6.07, 6.45) is 1.62. The fourth-order valence-corrected chi connectivity index (χ4v) is 1.86. The molecular formula is C8H13N5O2. The number of likely N-dealkylation sites (tertiary alicyclic amines) is 1. The Hall–Kier alpha value is -1.50. The Balaban J connectivity index is 2.02. The van der Waals surface area contributed by atoms with Gasteiger partial charge in [-0.05, 0) is 24.6 Å². The van der Waals surface area contributed by atoms with E-state index in [0.717, 1.165) is 13.0 Å². The average Bonchev–Trinajstić information content (AvgIpc) is 2.75. The molecule has 1 aliphatic heterocycles. The zero-order valence-corrected chi connectivity index (χ0v) is 8.50. The Morgan fingerprint density at radius 2 is 2.47 bits per heavy atom. The molecule has 2 rings (SSSR count). The smallest absolute Gasteiger partial charge is 0.320 e. The molecule has 1 aromatic heterocycles. The highest BCUT2D eigenvalue weighted by molar-refractivity contribution is 5.73. The molecule has 1 unspecified atom stereocenters. The third-order valence-corrected chi connectivity index (χ3v) is 2.54. The van der Waals surface area contributed by atoms with Gasteiger partial charge in [0.05, 0.1) is 13.6 Å². The molecule has 0 saturated carbocycles. The number of carboxylic acids is 1. The Morgan fingerprint density at radius 1 is 1.67 bits per heavy atom. The summed E-state index contributed by atoms with van der Waals surface area (Å²) in [7, 11) is 1.69. The molecule has 1 fully saturated rings. The van der Waals surface area contributed by atoms with Crippen molar-refractivity contribution in [1.82, 2.24) is 25.1 Å². The predicted molar refractivity (Wildman–Crippen MR) is 49.9 cm³/mol. The van der Waals surface area contributed by atoms with Crippen LogP contribution in [0.5, 0.6) is 0 Å². The molecule has 0 spiro atoms. The molecule has 82 valence electrons. The summed E-state index contributed by atoms with van der Waals surface area (Å²) in [5.74, 6) is -0.193. The van der Waals surface area contributed by atoms with E-state index in [1.54, 1.807) is 7.05 Å². The van der Waals surface area contributed by atoms with Crippen LogP contribution in [0, 0.1) is 0 Å². The van der Waals surface area contributed by atoms with Gasteiger partial charge in [-0.15, -0.1) is 10.2 Å². The van der Waals surface area contributed by atoms with Crippen LogP contribution in [0.4, 0.5) is 0 Å². The van der Waals surface area contributed by atoms with E-state index in [1.165, 1.54) is 4.80 Å². The van der Waals surface area contributed by atoms with E-state index in [2.05, 4.69) is 15.4 Å². The summed E-state index contributed by atoms with van der Waals surface area (Å²) in [6, 6.07) is -0.395. The summed E-state index contributed by atoms with van der Waals surface area (Å²) >= 11 is 0. The number of hydrogen-bond acceptors (Lipinski definition) is 5. The van der Waals surface area contributed by atoms with E-state index < -0.39 is 12.0 Å². The van der Waals surface area contributed by atoms with Gasteiger partial charge in [0.25, 0.3) is 0 Å². The van der Waals surface area contributed by atoms with Gasteiger partial charge in [-0.25, -0.2) is 0 Å². The molecule has 0 amide bonds. The number of aryl methyl sites for hydroxylation is 1. The second-order valence-corrected chi connectivity index (χ2v) is 3.66. The van der Waals surface area contributed by atoms with Crippen LogP contribution < -0.4 is 0 Å². The fraction of sp³-hybridized carbons (Fsp3) is 0.750. The van der Waals surface area contributed by atoms with E-state index in [1.807, 2.05) is 4.90 Å². The minimum Gasteiger partial charge on any atom is -0.480 e. The summed E-state index contributed by atoms with van der Waals surface area (Å²) in [5, 5.41) is 20.5. The van der Waals surface area contributed by atoms with E-state index in [-0.39, 0.29) is 0 Å². The molecule has 7 nitrogen and oxygen atoms in total. The van der Waals surface area contributed by atoms with Gasteiger partial charge >= 0.3 is 5.97 Å². The molecule has 15 heavy (non-hydrogen) atoms. The van der Waals surface area contributed by atoms with Crippen molar-refractivity contribution >= 4 is 5.97 Å². The Labute approximate surface area is 86.7 Å². The highest BCUT2D eigenvalue weighted by Gasteiger charge is 2.31. The minimum atomic E-state index is -0.767. The summed E-state index contributed by atoms with van der Waals surface area (Å²) in [4.78, 5) is 14.2. The SMILES string of the molecule is Cn1nnc(CN2CCCC2C(=O)O)n1. The van der Waals surface area contributed by atoms with Crippen LogP contribution in [0.15, 0.2) is 0 Å². The van der Waals surface area contributed by atoms with Gasteiger partial charge in [0, 0.05) is 0 Å². The molecule has 0 bridgehead atoms. The molecule has 7 heteroatoms. The van der Waals surface area contributed by atoms with Crippen molar-refractivity contribution in [2.75, 3.05) is 6.54 Å². The van der Waals surface area contributed by atoms with Crippen molar-refractivity contribution in [3.05, 3.63) is 5.82 Å². The van der Waals surface area contributed by atoms with Gasteiger partial charge in [0.15, 0.2) is 5.82 Å². The molecule has 0 aliphatic carbocycles. The number of tetrazole rings is 1. The van der Waals surface area contributed by atoms with Gasteiger partial charge in [0.2, 0.25) is 0 Å². The zero-order chi connectivity index (χ0) is 10.8. The lowest BCUT2D eigenvalue weighted by Crippen LogP contribution is -2.35. The van der Waals surface area contributed by atoms with Crippen LogP contribution in [0.3, 0.4) is 0 Å². The number of hydrogen-bond donors (Lipinski definition) is 1. The normalized spacial score (nSPS) is 22.1. The van der Waals surface area contributed by atoms with Crippen LogP contribution >= 0.6 is 0 Å². The van der Waals surface area contributed by atoms with Crippen LogP contribution in [-0.4, -0.2) is 48.8 Å². The highest BCUT2D eigenvalue weighted by Crippen LogP contribution is 2.18. The number of aromatic nitrogens is 4. The molecule has 2 heterocycles. The maximum Gasteiger partial charge on any atom is 0.320 e. The number of rotatable bonds is 3. The first-order valence-corrected chi connectivity index (χ1v) is 4.86. The minimum absolute atomic E-state index is 0.395. The molecular weight excluding hydrogens is 198 g/mol. The van der Waals surface area contributed by atoms with Gasteiger partial charge < -0.3 is 5.11 Å². The largest absolute Gasteiger partial charge is 0.480 e. The van der Waals surface area contributed by atoms with Crippen molar-refractivity contribution in [3.63, 3.8) is 0 Å². The number of aliphatic carboxylic acids is 1. The first-order chi connectivity index (χ1) is 7.16. The average molecular weight is 211 g/mol. The third kappa shape index (κ3) is 2.12. The first-order valence-electron chi connectivity index (χ1n) is 4.86. The molecule has 0 aromatic carbocycles. The van der Waals surface area contributed by atoms with Crippen molar-refractivity contribution in [2.45, 2.75) is 25.4 Å². The van der Waals surface area contributed by atoms with Crippen LogP contribution in [0.2, 0.25) is 0 Å². The van der Waals surface area contributed by atoms with Gasteiger partial charge in [0.1, 0.15) is 6.04 Å². The molecule has 1 N–H and O–H groups in total. The maximum absolute atomic E-state index is 10.9. The second kappa shape index (κ2) is 3.93. The second-order valence-electron chi connectivity index (χ2n) is 3.66. The van der Waals surface area contributed by atoms with E-state index in [9.17, 15) is 4.79 Å². The van der Waals surface area contributed by atoms with Crippen LogP contribution in [-0.2, 0) is 18.4 Å². The predicted octanol–water partition coefficient (Wildman–Crippen LogP) is -0.741. The standard InChI is InChI=1S/C8H13N5O2/c1-12-10-7(9-11-12)5-13-4-2-3-6(13)8(14)15/h6H,2-5H2,1H3,(H,14,15). The van der Waals surface area contributed by atoms with E-state index in [4.69, 9.17) is 5.11 Å². The number of nitrogens with zero attached hydrogens (tertiary/aromatic N) is 5. The Kier molecular flexibility index (Phi) is 2.63. The van der Waals surface area contributed by atoms with Gasteiger partial charge in [-0.1, -0.05) is 0 Å². The fourth-order valence-electron chi connectivity index (χ4n) is 1.86. The lowest BCUT2D eigenvalue weighted by molar-refractivity contribution is -0.142. The lowest BCUT2D eigenvalue weighted by Gasteiger charge is -2.18. The maximum atomic E-state index is 10.9. The molecule has 1 atom stereocenters. The van der Waals surface area contributed by atoms with Crippen molar-refractivity contribution in [2.24, 2.45) is 7.05 Å². The Morgan fingerprint density at radius 3 is 3.07 bits per heavy atom. The van der Waals surface area contributed by atoms with Crippen LogP contribution in [0.25, 0.3) is 0 Å². The topological polar surface area (TPSA) is 84.1 Å². The summed E-state index contributed by atoms with van der Waals surface area (Å²) in [5.41, 5.74) is 0. The Bertz CT molecular complexity index is 364. The van der Waals surface area contributed by atoms with E-state index >= 15 is 0 Å². The van der Waals surface area contributed by atoms with E-state index in [0.29, 0.717) is 18.8 Å². The van der Waals surface area contributed by atoms with Crippen molar-refractivity contribution in [1.29, 1.82) is 0 Å². The van der Waals surface area contributed by atoms with Gasteiger partial charge in [-0.2, -0.15) is 4.80 Å². The third-order valence-electron chi connectivity index (χ3n) is 2.54. The molecule has 1 aliphatic rings. The van der Waals surface area contributed by atoms with Crippen molar-refractivity contribution < 1.29 is 9.90 Å². The lowest BCUT2D eigenvalue weighted by atomic mass is 10.2. The summed E-state index contributed by atoms with van der Waals surface area (Å²) in [6.45, 7) is 1.25. The number of carbonyl (C=O) groups is 1. The molecule has 0 radical (unpaired) electrons. The monoisotopic (exact) mass is 211 g/mol. The number of carboxylic acid groups (broad SMARTS) is 1. The van der Waals surface area contributed by atoms with Crippen molar-refractivity contribution in [3.8, 4) is 0 Å². The quantitative estimate of drug-likeness (QED) is 0.708. The van der Waals surface area contributed by atoms with Crippen LogP contribution in [0.1, 0.15) is 18.7 Å². The van der Waals surface area contributed by atoms with Gasteiger partial charge in [-0.3, -0.25) is 9.69 Å². The summed E-state index contributed by atoms with van der Waals surface area (Å²) < 4.78 is 0. The zero-order valence-electron chi connectivity index (χ0n) is 8.50. The molecule has 1 saturated heterocycles. The highest BCUT2D eigenvalue weighted by atomic mass is 16.4. The first kappa shape index (κ1) is 10.0.